The summed E-state index contributed by atoms with van der Waals surface area (Å²) in [5.74, 6) is 0.0632. The first-order chi connectivity index (χ1) is 28.5. The fourth-order valence-electron chi connectivity index (χ4n) is 9.39. The summed E-state index contributed by atoms with van der Waals surface area (Å²) in [4.78, 5) is 7.14. The molecule has 2 aliphatic rings. The Morgan fingerprint density at radius 3 is 1.90 bits per heavy atom. The minimum Gasteiger partial charge on any atom is -0.309 e. The van der Waals surface area contributed by atoms with Crippen LogP contribution < -0.4 is 15.9 Å². The molecule has 2 atom stereocenters. The van der Waals surface area contributed by atoms with Crippen molar-refractivity contribution >= 4 is 77.3 Å². The summed E-state index contributed by atoms with van der Waals surface area (Å²) < 4.78 is 16.4. The topological polar surface area (TPSA) is 29.4 Å². The average Bonchev–Trinajstić information content (AvgIpc) is 3.68. The van der Waals surface area contributed by atoms with Crippen molar-refractivity contribution in [1.82, 2.24) is 0 Å². The molecule has 0 fully saturated rings. The fourth-order valence-corrected chi connectivity index (χ4v) is 13.3. The van der Waals surface area contributed by atoms with E-state index in [2.05, 4.69) is 153 Å². The van der Waals surface area contributed by atoms with Crippen molar-refractivity contribution in [2.24, 2.45) is 4.99 Å². The average molecular weight is 780 g/mol. The normalized spacial score (nSPS) is 17.5. The highest BCUT2D eigenvalue weighted by molar-refractivity contribution is 7.85. The number of thiophene rings is 1. The first-order valence-corrected chi connectivity index (χ1v) is 22.4. The Hall–Kier alpha value is -6.38. The third kappa shape index (κ3) is 5.38. The quantitative estimate of drug-likeness (QED) is 0.122. The number of aliphatic imine (C=N–C) groups is 1. The van der Waals surface area contributed by atoms with Gasteiger partial charge < -0.3 is 4.57 Å². The molecule has 4 heteroatoms. The summed E-state index contributed by atoms with van der Waals surface area (Å²) in [6.07, 6.45) is 6.92. The molecule has 1 aliphatic heterocycles. The van der Waals surface area contributed by atoms with Gasteiger partial charge in [-0.15, -0.1) is 11.3 Å². The van der Waals surface area contributed by atoms with Crippen LogP contribution in [-0.2, 0) is 4.57 Å². The Morgan fingerprint density at radius 2 is 1.16 bits per heavy atom. The highest BCUT2D eigenvalue weighted by atomic mass is 32.1. The second kappa shape index (κ2) is 13.6. The van der Waals surface area contributed by atoms with Crippen molar-refractivity contribution in [2.75, 3.05) is 0 Å². The molecule has 0 saturated carbocycles. The van der Waals surface area contributed by atoms with Crippen molar-refractivity contribution in [3.8, 4) is 11.1 Å². The zero-order valence-corrected chi connectivity index (χ0v) is 33.6. The Kier molecular flexibility index (Phi) is 8.19. The minimum atomic E-state index is -3.08. The van der Waals surface area contributed by atoms with Gasteiger partial charge in [-0.1, -0.05) is 188 Å². The molecule has 0 amide bonds. The first kappa shape index (κ1) is 34.8. The number of rotatable bonds is 6. The minimum absolute atomic E-state index is 0.0632. The van der Waals surface area contributed by atoms with Crippen molar-refractivity contribution in [2.45, 2.75) is 18.4 Å². The maximum atomic E-state index is 15.1. The van der Waals surface area contributed by atoms with E-state index in [1.807, 2.05) is 72.0 Å². The lowest BCUT2D eigenvalue weighted by Crippen LogP contribution is -2.38. The molecule has 11 rings (SSSR count). The molecule has 9 aromatic rings. The second-order valence-corrected chi connectivity index (χ2v) is 19.3. The lowest BCUT2D eigenvalue weighted by Gasteiger charge is -2.42. The van der Waals surface area contributed by atoms with Gasteiger partial charge in [0.15, 0.2) is 7.14 Å². The zero-order valence-electron chi connectivity index (χ0n) is 31.9. The molecule has 2 unspecified atom stereocenters. The number of hydrogen-bond acceptors (Lipinski definition) is 3. The van der Waals surface area contributed by atoms with Gasteiger partial charge in [0.2, 0.25) is 0 Å². The standard InChI is InChI=1S/C54H38NOPS/c1-54-48(47-35-38-16-8-9-23-43(38)44-24-10-11-25-45(44)47)27-15-28-49(54)51-46-26-12-13-29-50(46)58-53(51)52(55-54)39-18-14-17-37(34-39)36-30-32-42(33-31-36)57(56,40-19-4-2-5-20-40)41-21-6-3-7-22-41/h2-35,49H,1H3. The van der Waals surface area contributed by atoms with Crippen LogP contribution in [0.5, 0.6) is 0 Å². The van der Waals surface area contributed by atoms with Crippen LogP contribution in [0.25, 0.3) is 48.3 Å². The van der Waals surface area contributed by atoms with E-state index >= 15 is 4.57 Å². The van der Waals surface area contributed by atoms with Crippen LogP contribution in [0.2, 0.25) is 0 Å². The Labute approximate surface area is 342 Å². The number of nitrogens with zero attached hydrogens (tertiary/aromatic N) is 1. The van der Waals surface area contributed by atoms with Crippen LogP contribution in [0.1, 0.15) is 34.4 Å². The van der Waals surface area contributed by atoms with E-state index in [0.717, 1.165) is 38.3 Å². The van der Waals surface area contributed by atoms with Gasteiger partial charge in [-0.25, -0.2) is 0 Å². The third-order valence-corrected chi connectivity index (χ3v) is 16.5. The second-order valence-electron chi connectivity index (χ2n) is 15.5. The summed E-state index contributed by atoms with van der Waals surface area (Å²) in [7, 11) is -3.08. The molecule has 0 N–H and O–H groups in total. The lowest BCUT2D eigenvalue weighted by molar-refractivity contribution is 0.537. The molecule has 1 aromatic heterocycles. The van der Waals surface area contributed by atoms with Gasteiger partial charge in [0.25, 0.3) is 0 Å². The molecule has 2 heterocycles. The number of hydrogen-bond donors (Lipinski definition) is 0. The summed E-state index contributed by atoms with van der Waals surface area (Å²) >= 11 is 1.85. The highest BCUT2D eigenvalue weighted by Gasteiger charge is 2.46. The van der Waals surface area contributed by atoms with E-state index in [4.69, 9.17) is 4.99 Å². The molecular weight excluding hydrogens is 742 g/mol. The van der Waals surface area contributed by atoms with Gasteiger partial charge in [0, 0.05) is 32.1 Å². The van der Waals surface area contributed by atoms with E-state index in [9.17, 15) is 0 Å². The van der Waals surface area contributed by atoms with Gasteiger partial charge in [0.05, 0.1) is 16.1 Å². The predicted octanol–water partition coefficient (Wildman–Crippen LogP) is 12.9. The summed E-state index contributed by atoms with van der Waals surface area (Å²) in [6.45, 7) is 2.34. The van der Waals surface area contributed by atoms with Gasteiger partial charge in [0.1, 0.15) is 0 Å². The van der Waals surface area contributed by atoms with Crippen molar-refractivity contribution < 1.29 is 4.57 Å². The van der Waals surface area contributed by atoms with Crippen LogP contribution in [-0.4, -0.2) is 11.3 Å². The van der Waals surface area contributed by atoms with Crippen LogP contribution in [0, 0.1) is 0 Å². The van der Waals surface area contributed by atoms with Crippen molar-refractivity contribution in [3.05, 3.63) is 228 Å². The Bertz CT molecular complexity index is 3170. The molecular formula is C54H38NOPS. The van der Waals surface area contributed by atoms with E-state index < -0.39 is 12.7 Å². The lowest BCUT2D eigenvalue weighted by atomic mass is 9.67. The Balaban J connectivity index is 1.06. The number of benzene rings is 8. The molecule has 276 valence electrons. The van der Waals surface area contributed by atoms with Crippen LogP contribution >= 0.6 is 18.5 Å². The van der Waals surface area contributed by atoms with Gasteiger partial charge >= 0.3 is 0 Å². The van der Waals surface area contributed by atoms with E-state index in [0.29, 0.717) is 0 Å². The molecule has 0 spiro atoms. The fraction of sp³-hybridized carbons (Fsp3) is 0.0556. The monoisotopic (exact) mass is 779 g/mol. The largest absolute Gasteiger partial charge is 0.309 e. The number of allylic oxidation sites excluding steroid dienone is 2. The van der Waals surface area contributed by atoms with Crippen LogP contribution in [0.15, 0.2) is 211 Å². The van der Waals surface area contributed by atoms with Crippen molar-refractivity contribution in [3.63, 3.8) is 0 Å². The molecule has 0 saturated heterocycles. The van der Waals surface area contributed by atoms with Crippen LogP contribution in [0.3, 0.4) is 0 Å². The molecule has 8 aromatic carbocycles. The summed E-state index contributed by atoms with van der Waals surface area (Å²) in [5.41, 5.74) is 7.52. The molecule has 2 nitrogen and oxygen atoms in total. The first-order valence-electron chi connectivity index (χ1n) is 19.8. The van der Waals surface area contributed by atoms with Gasteiger partial charge in [-0.2, -0.15) is 0 Å². The zero-order chi connectivity index (χ0) is 38.8. The van der Waals surface area contributed by atoms with E-state index in [-0.39, 0.29) is 5.92 Å². The maximum absolute atomic E-state index is 15.1. The SMILES string of the molecule is CC12N=C(c3cccc(-c4ccc(P(=O)(c5ccccc5)c5ccccc5)cc4)c3)c3sc4ccccc4c3C1C=CC=C2c1cc2ccccc2c2ccccc12. The summed E-state index contributed by atoms with van der Waals surface area (Å²) in [6, 6.07) is 65.6. The third-order valence-electron chi connectivity index (χ3n) is 12.2. The van der Waals surface area contributed by atoms with Crippen molar-refractivity contribution in [1.29, 1.82) is 0 Å². The van der Waals surface area contributed by atoms with Gasteiger partial charge in [-0.3, -0.25) is 4.99 Å². The predicted molar refractivity (Wildman–Crippen MR) is 248 cm³/mol. The molecule has 0 radical (unpaired) electrons. The highest BCUT2D eigenvalue weighted by Crippen LogP contribution is 2.54. The summed E-state index contributed by atoms with van der Waals surface area (Å²) in [5, 5.41) is 8.79. The number of fused-ring (bicyclic) bond motifs is 8. The van der Waals surface area contributed by atoms with E-state index in [1.54, 1.807) is 0 Å². The van der Waals surface area contributed by atoms with E-state index in [1.165, 1.54) is 53.2 Å². The van der Waals surface area contributed by atoms with Gasteiger partial charge in [-0.05, 0) is 79.9 Å². The molecule has 58 heavy (non-hydrogen) atoms. The Morgan fingerprint density at radius 1 is 0.552 bits per heavy atom. The maximum Gasteiger partial charge on any atom is 0.171 e. The smallest absolute Gasteiger partial charge is 0.171 e. The molecule has 0 bridgehead atoms. The molecule has 1 aliphatic carbocycles. The van der Waals surface area contributed by atoms with Crippen LogP contribution in [0.4, 0.5) is 0 Å².